The molecule has 1 aromatic carbocycles. The first-order chi connectivity index (χ1) is 7.13. The number of hydrogen-bond acceptors (Lipinski definition) is 3. The normalized spacial score (nSPS) is 12.2. The van der Waals surface area contributed by atoms with Crippen LogP contribution in [0.1, 0.15) is 18.6 Å². The fourth-order valence-electron chi connectivity index (χ4n) is 1.20. The lowest BCUT2D eigenvalue weighted by molar-refractivity contribution is -0.119. The van der Waals surface area contributed by atoms with Gasteiger partial charge in [0.2, 0.25) is 5.91 Å². The minimum atomic E-state index is -0.538. The van der Waals surface area contributed by atoms with Gasteiger partial charge in [0.25, 0.3) is 0 Å². The average molecular weight is 209 g/mol. The maximum absolute atomic E-state index is 11.2. The summed E-state index contributed by atoms with van der Waals surface area (Å²) >= 11 is 0. The Kier molecular flexibility index (Phi) is 4.27. The zero-order valence-corrected chi connectivity index (χ0v) is 8.86. The number of ether oxygens (including phenoxy) is 1. The molecule has 1 aromatic rings. The molecule has 1 atom stereocenters. The van der Waals surface area contributed by atoms with Crippen molar-refractivity contribution in [3.05, 3.63) is 29.8 Å². The van der Waals surface area contributed by atoms with Gasteiger partial charge in [0.1, 0.15) is 6.61 Å². The van der Waals surface area contributed by atoms with Crippen LogP contribution >= 0.6 is 0 Å². The molecule has 1 unspecified atom stereocenters. The van der Waals surface area contributed by atoms with E-state index in [0.29, 0.717) is 5.69 Å². The molecule has 0 saturated heterocycles. The maximum atomic E-state index is 11.2. The molecule has 0 heterocycles. The fraction of sp³-hybridized carbons (Fsp3) is 0.364. The van der Waals surface area contributed by atoms with E-state index in [9.17, 15) is 9.90 Å². The van der Waals surface area contributed by atoms with Crippen molar-refractivity contribution in [1.29, 1.82) is 0 Å². The Morgan fingerprint density at radius 2 is 2.33 bits per heavy atom. The molecule has 0 aliphatic rings. The lowest BCUT2D eigenvalue weighted by Crippen LogP contribution is -2.17. The van der Waals surface area contributed by atoms with Gasteiger partial charge in [-0.25, -0.2) is 0 Å². The summed E-state index contributed by atoms with van der Waals surface area (Å²) < 4.78 is 4.69. The Bertz CT molecular complexity index is 336. The largest absolute Gasteiger partial charge is 0.389 e. The van der Waals surface area contributed by atoms with E-state index >= 15 is 0 Å². The topological polar surface area (TPSA) is 58.6 Å². The van der Waals surface area contributed by atoms with Gasteiger partial charge in [-0.05, 0) is 24.6 Å². The Labute approximate surface area is 88.9 Å². The van der Waals surface area contributed by atoms with Gasteiger partial charge >= 0.3 is 0 Å². The molecule has 0 spiro atoms. The van der Waals surface area contributed by atoms with Crippen molar-refractivity contribution in [2.45, 2.75) is 13.0 Å². The molecule has 0 aliphatic heterocycles. The SMILES string of the molecule is COCC(=O)Nc1cccc(C(C)O)c1. The number of carbonyl (C=O) groups excluding carboxylic acids is 1. The molecule has 1 rings (SSSR count). The van der Waals surface area contributed by atoms with Crippen molar-refractivity contribution in [2.75, 3.05) is 19.0 Å². The van der Waals surface area contributed by atoms with Gasteiger partial charge in [-0.1, -0.05) is 12.1 Å². The van der Waals surface area contributed by atoms with E-state index < -0.39 is 6.10 Å². The summed E-state index contributed by atoms with van der Waals surface area (Å²) in [4.78, 5) is 11.2. The molecule has 0 aromatic heterocycles. The highest BCUT2D eigenvalue weighted by molar-refractivity contribution is 5.91. The van der Waals surface area contributed by atoms with Crippen molar-refractivity contribution >= 4 is 11.6 Å². The molecule has 0 saturated carbocycles. The van der Waals surface area contributed by atoms with E-state index in [1.807, 2.05) is 0 Å². The molecule has 4 heteroatoms. The molecule has 15 heavy (non-hydrogen) atoms. The highest BCUT2D eigenvalue weighted by atomic mass is 16.5. The molecule has 0 radical (unpaired) electrons. The van der Waals surface area contributed by atoms with Crippen molar-refractivity contribution in [2.24, 2.45) is 0 Å². The monoisotopic (exact) mass is 209 g/mol. The number of benzene rings is 1. The zero-order valence-electron chi connectivity index (χ0n) is 8.86. The lowest BCUT2D eigenvalue weighted by atomic mass is 10.1. The molecular weight excluding hydrogens is 194 g/mol. The van der Waals surface area contributed by atoms with Crippen LogP contribution in [0.25, 0.3) is 0 Å². The van der Waals surface area contributed by atoms with Crippen molar-refractivity contribution in [3.8, 4) is 0 Å². The molecular formula is C11H15NO3. The third-order valence-corrected chi connectivity index (χ3v) is 1.93. The molecule has 0 aliphatic carbocycles. The van der Waals surface area contributed by atoms with E-state index in [1.54, 1.807) is 31.2 Å². The first-order valence-corrected chi connectivity index (χ1v) is 4.70. The maximum Gasteiger partial charge on any atom is 0.250 e. The number of rotatable bonds is 4. The van der Waals surface area contributed by atoms with Crippen LogP contribution in [0.2, 0.25) is 0 Å². The average Bonchev–Trinajstić information content (AvgIpc) is 2.18. The highest BCUT2D eigenvalue weighted by Crippen LogP contribution is 2.16. The number of aliphatic hydroxyl groups excluding tert-OH is 1. The van der Waals surface area contributed by atoms with Crippen LogP contribution in [0.4, 0.5) is 5.69 Å². The number of hydrogen-bond donors (Lipinski definition) is 2. The first-order valence-electron chi connectivity index (χ1n) is 4.70. The zero-order chi connectivity index (χ0) is 11.3. The van der Waals surface area contributed by atoms with E-state index in [1.165, 1.54) is 7.11 Å². The van der Waals surface area contributed by atoms with Gasteiger partial charge in [-0.3, -0.25) is 4.79 Å². The van der Waals surface area contributed by atoms with E-state index in [-0.39, 0.29) is 12.5 Å². The van der Waals surface area contributed by atoms with Crippen molar-refractivity contribution in [1.82, 2.24) is 0 Å². The predicted octanol–water partition coefficient (Wildman–Crippen LogP) is 1.32. The van der Waals surface area contributed by atoms with Gasteiger partial charge in [0.15, 0.2) is 0 Å². The number of carbonyl (C=O) groups is 1. The Morgan fingerprint density at radius 3 is 2.93 bits per heavy atom. The standard InChI is InChI=1S/C11H15NO3/c1-8(13)9-4-3-5-10(6-9)12-11(14)7-15-2/h3-6,8,13H,7H2,1-2H3,(H,12,14). The lowest BCUT2D eigenvalue weighted by Gasteiger charge is -2.08. The van der Waals surface area contributed by atoms with Crippen LogP contribution in [0.3, 0.4) is 0 Å². The Balaban J connectivity index is 2.69. The van der Waals surface area contributed by atoms with Crippen LogP contribution in [0.5, 0.6) is 0 Å². The number of nitrogens with one attached hydrogen (secondary N) is 1. The predicted molar refractivity (Wildman–Crippen MR) is 57.6 cm³/mol. The van der Waals surface area contributed by atoms with Gasteiger partial charge in [0, 0.05) is 12.8 Å². The van der Waals surface area contributed by atoms with Crippen LogP contribution in [0.15, 0.2) is 24.3 Å². The minimum absolute atomic E-state index is 0.0267. The third kappa shape index (κ3) is 3.69. The van der Waals surface area contributed by atoms with Crippen LogP contribution in [0, 0.1) is 0 Å². The summed E-state index contributed by atoms with van der Waals surface area (Å²) in [5, 5.41) is 12.0. The van der Waals surface area contributed by atoms with Gasteiger partial charge < -0.3 is 15.2 Å². The summed E-state index contributed by atoms with van der Waals surface area (Å²) in [6.45, 7) is 1.70. The fourth-order valence-corrected chi connectivity index (χ4v) is 1.20. The quantitative estimate of drug-likeness (QED) is 0.786. The number of amides is 1. The number of methoxy groups -OCH3 is 1. The second-order valence-corrected chi connectivity index (χ2v) is 3.28. The van der Waals surface area contributed by atoms with Crippen LogP contribution < -0.4 is 5.32 Å². The minimum Gasteiger partial charge on any atom is -0.389 e. The van der Waals surface area contributed by atoms with Gasteiger partial charge in [-0.15, -0.1) is 0 Å². The molecule has 0 fully saturated rings. The second-order valence-electron chi connectivity index (χ2n) is 3.28. The Morgan fingerprint density at radius 1 is 1.60 bits per heavy atom. The van der Waals surface area contributed by atoms with E-state index in [2.05, 4.69) is 5.32 Å². The molecule has 4 nitrogen and oxygen atoms in total. The number of anilines is 1. The second kappa shape index (κ2) is 5.48. The molecule has 0 bridgehead atoms. The summed E-state index contributed by atoms with van der Waals surface area (Å²) in [6, 6.07) is 7.08. The summed E-state index contributed by atoms with van der Waals surface area (Å²) in [5.41, 5.74) is 1.43. The molecule has 82 valence electrons. The molecule has 2 N–H and O–H groups in total. The van der Waals surface area contributed by atoms with Gasteiger partial charge in [0.05, 0.1) is 6.10 Å². The Hall–Kier alpha value is -1.39. The molecule has 1 amide bonds. The van der Waals surface area contributed by atoms with E-state index in [4.69, 9.17) is 4.74 Å². The van der Waals surface area contributed by atoms with Gasteiger partial charge in [-0.2, -0.15) is 0 Å². The summed E-state index contributed by atoms with van der Waals surface area (Å²) in [5.74, 6) is -0.208. The van der Waals surface area contributed by atoms with Crippen LogP contribution in [-0.2, 0) is 9.53 Å². The van der Waals surface area contributed by atoms with Crippen LogP contribution in [-0.4, -0.2) is 24.7 Å². The number of aliphatic hydroxyl groups is 1. The smallest absolute Gasteiger partial charge is 0.250 e. The van der Waals surface area contributed by atoms with Crippen molar-refractivity contribution in [3.63, 3.8) is 0 Å². The summed E-state index contributed by atoms with van der Waals surface area (Å²) in [6.07, 6.45) is -0.538. The summed E-state index contributed by atoms with van der Waals surface area (Å²) in [7, 11) is 1.46. The van der Waals surface area contributed by atoms with E-state index in [0.717, 1.165) is 5.56 Å². The first kappa shape index (κ1) is 11.7. The third-order valence-electron chi connectivity index (χ3n) is 1.93. The van der Waals surface area contributed by atoms with Crippen molar-refractivity contribution < 1.29 is 14.6 Å². The highest BCUT2D eigenvalue weighted by Gasteiger charge is 2.04.